The Balaban J connectivity index is 1.86. The zero-order chi connectivity index (χ0) is 16.3. The smallest absolute Gasteiger partial charge is 0.242 e. The molecular formula is C17H21N3O3. The Hall–Kier alpha value is -2.37. The highest BCUT2D eigenvalue weighted by molar-refractivity contribution is 5.87. The van der Waals surface area contributed by atoms with E-state index in [4.69, 9.17) is 9.26 Å². The number of likely N-dealkylation sites (N-methyl/N-ethyl adjacent to an activating group) is 1. The first-order chi connectivity index (χ1) is 11.2. The highest BCUT2D eigenvalue weighted by Crippen LogP contribution is 2.43. The van der Waals surface area contributed by atoms with Gasteiger partial charge in [0.05, 0.1) is 6.61 Å². The maximum absolute atomic E-state index is 12.2. The number of nitrogens with zero attached hydrogens (tertiary/aromatic N) is 2. The van der Waals surface area contributed by atoms with E-state index in [1.165, 1.54) is 0 Å². The van der Waals surface area contributed by atoms with E-state index in [9.17, 15) is 4.79 Å². The van der Waals surface area contributed by atoms with E-state index >= 15 is 0 Å². The largest absolute Gasteiger partial charge is 0.494 e. The maximum atomic E-state index is 12.2. The van der Waals surface area contributed by atoms with Crippen LogP contribution in [0.1, 0.15) is 38.5 Å². The third-order valence-electron chi connectivity index (χ3n) is 4.27. The van der Waals surface area contributed by atoms with Crippen molar-refractivity contribution in [2.24, 2.45) is 0 Å². The van der Waals surface area contributed by atoms with Crippen LogP contribution in [0, 0.1) is 0 Å². The summed E-state index contributed by atoms with van der Waals surface area (Å²) in [5.41, 5.74) is 0.163. The summed E-state index contributed by atoms with van der Waals surface area (Å²) in [4.78, 5) is 16.6. The van der Waals surface area contributed by atoms with Crippen molar-refractivity contribution in [2.75, 3.05) is 13.7 Å². The molecule has 3 rings (SSSR count). The van der Waals surface area contributed by atoms with E-state index in [1.807, 2.05) is 24.3 Å². The van der Waals surface area contributed by atoms with E-state index in [0.29, 0.717) is 18.3 Å². The molecule has 6 heteroatoms. The first-order valence-electron chi connectivity index (χ1n) is 7.99. The van der Waals surface area contributed by atoms with Gasteiger partial charge in [0.1, 0.15) is 11.2 Å². The van der Waals surface area contributed by atoms with Crippen LogP contribution in [-0.2, 0) is 10.2 Å². The molecule has 1 amide bonds. The lowest BCUT2D eigenvalue weighted by atomic mass is 9.68. The molecule has 1 aliphatic rings. The molecule has 0 spiro atoms. The molecule has 23 heavy (non-hydrogen) atoms. The van der Waals surface area contributed by atoms with E-state index in [1.54, 1.807) is 7.05 Å². The number of ether oxygens (including phenoxy) is 1. The summed E-state index contributed by atoms with van der Waals surface area (Å²) in [6.45, 7) is 2.73. The molecule has 1 saturated carbocycles. The number of carbonyl (C=O) groups excluding carboxylic acids is 1. The van der Waals surface area contributed by atoms with Crippen LogP contribution in [0.15, 0.2) is 28.8 Å². The van der Waals surface area contributed by atoms with Gasteiger partial charge in [-0.15, -0.1) is 0 Å². The quantitative estimate of drug-likeness (QED) is 0.887. The van der Waals surface area contributed by atoms with Gasteiger partial charge in [0, 0.05) is 12.6 Å². The summed E-state index contributed by atoms with van der Waals surface area (Å²) in [6, 6.07) is 7.59. The fourth-order valence-corrected chi connectivity index (χ4v) is 2.79. The molecule has 1 N–H and O–H groups in total. The Bertz CT molecular complexity index is 692. The third kappa shape index (κ3) is 2.81. The molecule has 1 aromatic heterocycles. The third-order valence-corrected chi connectivity index (χ3v) is 4.27. The standard InChI is InChI=1S/C17H21N3O3/c1-3-10-22-13-7-4-6-12(11-13)14-19-16(23-20-14)17(8-5-9-17)15(21)18-2/h4,6-7,11H,3,5,8-10H2,1-2H3,(H,18,21). The van der Waals surface area contributed by atoms with Crippen LogP contribution in [0.5, 0.6) is 5.75 Å². The monoisotopic (exact) mass is 315 g/mol. The van der Waals surface area contributed by atoms with Crippen LogP contribution in [0.3, 0.4) is 0 Å². The predicted octanol–water partition coefficient (Wildman–Crippen LogP) is 2.69. The van der Waals surface area contributed by atoms with Gasteiger partial charge in [0.15, 0.2) is 0 Å². The molecular weight excluding hydrogens is 294 g/mol. The molecule has 6 nitrogen and oxygen atoms in total. The van der Waals surface area contributed by atoms with Gasteiger partial charge in [-0.1, -0.05) is 30.6 Å². The molecule has 0 radical (unpaired) electrons. The van der Waals surface area contributed by atoms with Crippen molar-refractivity contribution in [2.45, 2.75) is 38.0 Å². The van der Waals surface area contributed by atoms with E-state index in [0.717, 1.165) is 37.0 Å². The lowest BCUT2D eigenvalue weighted by Gasteiger charge is -2.35. The minimum absolute atomic E-state index is 0.0565. The van der Waals surface area contributed by atoms with Crippen molar-refractivity contribution in [3.8, 4) is 17.1 Å². The summed E-state index contributed by atoms with van der Waals surface area (Å²) >= 11 is 0. The molecule has 1 fully saturated rings. The molecule has 0 bridgehead atoms. The molecule has 2 aromatic rings. The van der Waals surface area contributed by atoms with Gasteiger partial charge in [-0.05, 0) is 31.4 Å². The zero-order valence-corrected chi connectivity index (χ0v) is 13.5. The number of benzene rings is 1. The lowest BCUT2D eigenvalue weighted by molar-refractivity contribution is -0.130. The van der Waals surface area contributed by atoms with E-state index in [-0.39, 0.29) is 5.91 Å². The van der Waals surface area contributed by atoms with Crippen LogP contribution < -0.4 is 10.1 Å². The second-order valence-corrected chi connectivity index (χ2v) is 5.81. The summed E-state index contributed by atoms with van der Waals surface area (Å²) in [5.74, 6) is 1.61. The van der Waals surface area contributed by atoms with Crippen molar-refractivity contribution in [3.05, 3.63) is 30.2 Å². The maximum Gasteiger partial charge on any atom is 0.242 e. The summed E-state index contributed by atoms with van der Waals surface area (Å²) in [5, 5.41) is 6.75. The number of aromatic nitrogens is 2. The zero-order valence-electron chi connectivity index (χ0n) is 13.5. The average Bonchev–Trinajstić information content (AvgIpc) is 3.02. The summed E-state index contributed by atoms with van der Waals surface area (Å²) in [6.07, 6.45) is 3.43. The first kappa shape index (κ1) is 15.5. The molecule has 0 unspecified atom stereocenters. The summed E-state index contributed by atoms with van der Waals surface area (Å²) in [7, 11) is 1.63. The van der Waals surface area contributed by atoms with Crippen LogP contribution >= 0.6 is 0 Å². The van der Waals surface area contributed by atoms with Crippen molar-refractivity contribution in [1.29, 1.82) is 0 Å². The van der Waals surface area contributed by atoms with Crippen LogP contribution in [0.4, 0.5) is 0 Å². The Labute approximate surface area is 135 Å². The number of rotatable bonds is 6. The first-order valence-corrected chi connectivity index (χ1v) is 7.99. The fraction of sp³-hybridized carbons (Fsp3) is 0.471. The van der Waals surface area contributed by atoms with Gasteiger partial charge < -0.3 is 14.6 Å². The highest BCUT2D eigenvalue weighted by atomic mass is 16.5. The Morgan fingerprint density at radius 3 is 2.91 bits per heavy atom. The fourth-order valence-electron chi connectivity index (χ4n) is 2.79. The molecule has 0 atom stereocenters. The molecule has 0 aliphatic heterocycles. The number of hydrogen-bond donors (Lipinski definition) is 1. The molecule has 122 valence electrons. The molecule has 1 aromatic carbocycles. The minimum Gasteiger partial charge on any atom is -0.494 e. The Morgan fingerprint density at radius 1 is 1.43 bits per heavy atom. The van der Waals surface area contributed by atoms with Crippen LogP contribution in [0.25, 0.3) is 11.4 Å². The van der Waals surface area contributed by atoms with Crippen molar-refractivity contribution in [1.82, 2.24) is 15.5 Å². The van der Waals surface area contributed by atoms with Gasteiger partial charge in [-0.25, -0.2) is 0 Å². The van der Waals surface area contributed by atoms with Crippen LogP contribution in [0.2, 0.25) is 0 Å². The molecule has 0 saturated heterocycles. The second-order valence-electron chi connectivity index (χ2n) is 5.81. The van der Waals surface area contributed by atoms with Gasteiger partial charge >= 0.3 is 0 Å². The number of nitrogens with one attached hydrogen (secondary N) is 1. The Morgan fingerprint density at radius 2 is 2.26 bits per heavy atom. The van der Waals surface area contributed by atoms with Gasteiger partial charge in [0.2, 0.25) is 17.6 Å². The van der Waals surface area contributed by atoms with Crippen LogP contribution in [-0.4, -0.2) is 29.7 Å². The Kier molecular flexibility index (Phi) is 4.32. The minimum atomic E-state index is -0.656. The van der Waals surface area contributed by atoms with Gasteiger partial charge in [-0.2, -0.15) is 4.98 Å². The van der Waals surface area contributed by atoms with Crippen molar-refractivity contribution >= 4 is 5.91 Å². The van der Waals surface area contributed by atoms with Gasteiger partial charge in [-0.3, -0.25) is 4.79 Å². The SMILES string of the molecule is CCCOc1cccc(-c2noc(C3(C(=O)NC)CCC3)n2)c1. The highest BCUT2D eigenvalue weighted by Gasteiger charge is 2.50. The normalized spacial score (nSPS) is 15.7. The summed E-state index contributed by atoms with van der Waals surface area (Å²) < 4.78 is 11.0. The number of hydrogen-bond acceptors (Lipinski definition) is 5. The number of amides is 1. The molecule has 1 aliphatic carbocycles. The average molecular weight is 315 g/mol. The van der Waals surface area contributed by atoms with E-state index in [2.05, 4.69) is 22.4 Å². The van der Waals surface area contributed by atoms with Crippen molar-refractivity contribution < 1.29 is 14.1 Å². The lowest BCUT2D eigenvalue weighted by Crippen LogP contribution is -2.48. The number of carbonyl (C=O) groups is 1. The predicted molar refractivity (Wildman–Crippen MR) is 85.1 cm³/mol. The van der Waals surface area contributed by atoms with Crippen molar-refractivity contribution in [3.63, 3.8) is 0 Å². The van der Waals surface area contributed by atoms with Gasteiger partial charge in [0.25, 0.3) is 0 Å². The second kappa shape index (κ2) is 6.40. The topological polar surface area (TPSA) is 77.2 Å². The molecule has 1 heterocycles. The van der Waals surface area contributed by atoms with E-state index < -0.39 is 5.41 Å².